The number of fused-ring (bicyclic) bond motifs is 1. The van der Waals surface area contributed by atoms with Crippen LogP contribution in [-0.4, -0.2) is 28.1 Å². The lowest BCUT2D eigenvalue weighted by Gasteiger charge is -2.30. The van der Waals surface area contributed by atoms with Crippen LogP contribution in [0.25, 0.3) is 0 Å². The van der Waals surface area contributed by atoms with Gasteiger partial charge in [-0.2, -0.15) is 0 Å². The zero-order chi connectivity index (χ0) is 15.9. The minimum Gasteiger partial charge on any atom is -0.512 e. The SMILES string of the molecule is COc1nc(C)c2c(c1C1CC(=O)C=C(O)C1)CCCC2O. The third-order valence-electron chi connectivity index (χ3n) is 4.61. The molecule has 0 saturated carbocycles. The van der Waals surface area contributed by atoms with E-state index < -0.39 is 6.10 Å². The lowest BCUT2D eigenvalue weighted by Crippen LogP contribution is -2.21. The second-order valence-corrected chi connectivity index (χ2v) is 6.13. The van der Waals surface area contributed by atoms with Crippen LogP contribution < -0.4 is 4.74 Å². The van der Waals surface area contributed by atoms with Gasteiger partial charge in [-0.25, -0.2) is 4.98 Å². The largest absolute Gasteiger partial charge is 0.512 e. The van der Waals surface area contributed by atoms with Gasteiger partial charge in [0.05, 0.1) is 19.0 Å². The summed E-state index contributed by atoms with van der Waals surface area (Å²) in [6.07, 6.45) is 4.02. The molecule has 2 N–H and O–H groups in total. The summed E-state index contributed by atoms with van der Waals surface area (Å²) < 4.78 is 5.45. The van der Waals surface area contributed by atoms with Crippen molar-refractivity contribution >= 4 is 5.78 Å². The number of rotatable bonds is 2. The van der Waals surface area contributed by atoms with E-state index in [1.807, 2.05) is 6.92 Å². The number of aromatic nitrogens is 1. The van der Waals surface area contributed by atoms with Crippen LogP contribution in [0.5, 0.6) is 5.88 Å². The topological polar surface area (TPSA) is 79.7 Å². The Labute approximate surface area is 129 Å². The molecule has 0 radical (unpaired) electrons. The van der Waals surface area contributed by atoms with Crippen molar-refractivity contribution in [2.75, 3.05) is 7.11 Å². The molecule has 2 unspecified atom stereocenters. The predicted octanol–water partition coefficient (Wildman–Crippen LogP) is 2.66. The number of hydrogen-bond acceptors (Lipinski definition) is 5. The van der Waals surface area contributed by atoms with E-state index in [0.29, 0.717) is 18.7 Å². The standard InChI is InChI=1S/C17H21NO4/c1-9-15-13(4-3-5-14(15)21)16(17(18-9)22-2)10-6-11(19)8-12(20)7-10/h8,10,14,19,21H,3-7H2,1-2H3. The fraction of sp³-hybridized carbons (Fsp3) is 0.529. The van der Waals surface area contributed by atoms with Gasteiger partial charge in [-0.3, -0.25) is 4.79 Å². The van der Waals surface area contributed by atoms with E-state index in [4.69, 9.17) is 4.74 Å². The Balaban J connectivity index is 2.16. The highest BCUT2D eigenvalue weighted by Gasteiger charge is 2.32. The first kappa shape index (κ1) is 15.0. The fourth-order valence-electron chi connectivity index (χ4n) is 3.75. The predicted molar refractivity (Wildman–Crippen MR) is 81.1 cm³/mol. The van der Waals surface area contributed by atoms with E-state index in [1.165, 1.54) is 6.08 Å². The highest BCUT2D eigenvalue weighted by atomic mass is 16.5. The van der Waals surface area contributed by atoms with Gasteiger partial charge >= 0.3 is 0 Å². The van der Waals surface area contributed by atoms with Gasteiger partial charge in [0.25, 0.3) is 0 Å². The van der Waals surface area contributed by atoms with Gasteiger partial charge < -0.3 is 14.9 Å². The molecule has 2 atom stereocenters. The third-order valence-corrected chi connectivity index (χ3v) is 4.61. The van der Waals surface area contributed by atoms with Crippen LogP contribution in [0.3, 0.4) is 0 Å². The Morgan fingerprint density at radius 3 is 2.77 bits per heavy atom. The van der Waals surface area contributed by atoms with E-state index in [-0.39, 0.29) is 17.5 Å². The molecule has 0 amide bonds. The summed E-state index contributed by atoms with van der Waals surface area (Å²) in [6, 6.07) is 0. The summed E-state index contributed by atoms with van der Waals surface area (Å²) >= 11 is 0. The van der Waals surface area contributed by atoms with Crippen molar-refractivity contribution in [3.05, 3.63) is 34.2 Å². The summed E-state index contributed by atoms with van der Waals surface area (Å²) in [5.41, 5.74) is 3.60. The van der Waals surface area contributed by atoms with Crippen molar-refractivity contribution < 1.29 is 19.7 Å². The molecule has 0 bridgehead atoms. The van der Waals surface area contributed by atoms with Gasteiger partial charge in [0, 0.05) is 41.7 Å². The first-order valence-electron chi connectivity index (χ1n) is 7.69. The molecular weight excluding hydrogens is 282 g/mol. The van der Waals surface area contributed by atoms with Gasteiger partial charge in [0.15, 0.2) is 5.78 Å². The summed E-state index contributed by atoms with van der Waals surface area (Å²) in [7, 11) is 1.57. The van der Waals surface area contributed by atoms with Gasteiger partial charge in [-0.05, 0) is 31.7 Å². The molecule has 1 aromatic heterocycles. The number of aliphatic hydroxyl groups is 2. The average Bonchev–Trinajstić information content (AvgIpc) is 2.45. The van der Waals surface area contributed by atoms with E-state index in [1.54, 1.807) is 7.11 Å². The number of hydrogen-bond donors (Lipinski definition) is 2. The monoisotopic (exact) mass is 303 g/mol. The van der Waals surface area contributed by atoms with Crippen LogP contribution in [0.4, 0.5) is 0 Å². The smallest absolute Gasteiger partial charge is 0.217 e. The molecule has 0 fully saturated rings. The Hall–Kier alpha value is -1.88. The van der Waals surface area contributed by atoms with Crippen LogP contribution in [0.2, 0.25) is 0 Å². The number of nitrogens with zero attached hydrogens (tertiary/aromatic N) is 1. The third kappa shape index (κ3) is 2.50. The molecule has 5 heteroatoms. The summed E-state index contributed by atoms with van der Waals surface area (Å²) in [5, 5.41) is 20.1. The number of methoxy groups -OCH3 is 1. The van der Waals surface area contributed by atoms with Gasteiger partial charge in [-0.1, -0.05) is 0 Å². The molecule has 2 aliphatic carbocycles. The lowest BCUT2D eigenvalue weighted by atomic mass is 9.78. The molecule has 0 saturated heterocycles. The normalized spacial score (nSPS) is 24.7. The Kier molecular flexibility index (Phi) is 3.91. The van der Waals surface area contributed by atoms with Crippen molar-refractivity contribution in [1.82, 2.24) is 4.98 Å². The van der Waals surface area contributed by atoms with Crippen LogP contribution in [0.15, 0.2) is 11.8 Å². The molecular formula is C17H21NO4. The first-order chi connectivity index (χ1) is 10.5. The highest BCUT2D eigenvalue weighted by Crippen LogP contribution is 2.43. The minimum atomic E-state index is -0.510. The maximum absolute atomic E-state index is 11.8. The van der Waals surface area contributed by atoms with Crippen molar-refractivity contribution in [1.29, 1.82) is 0 Å². The molecule has 1 heterocycles. The maximum Gasteiger partial charge on any atom is 0.217 e. The van der Waals surface area contributed by atoms with Gasteiger partial charge in [0.2, 0.25) is 5.88 Å². The lowest BCUT2D eigenvalue weighted by molar-refractivity contribution is -0.115. The molecule has 2 aliphatic rings. The number of carbonyl (C=O) groups excluding carboxylic acids is 1. The molecule has 3 rings (SSSR count). The van der Waals surface area contributed by atoms with Crippen LogP contribution in [0.1, 0.15) is 60.1 Å². The zero-order valence-corrected chi connectivity index (χ0v) is 12.9. The van der Waals surface area contributed by atoms with Crippen molar-refractivity contribution in [3.8, 4) is 5.88 Å². The van der Waals surface area contributed by atoms with E-state index in [0.717, 1.165) is 41.6 Å². The van der Waals surface area contributed by atoms with Crippen molar-refractivity contribution in [2.24, 2.45) is 0 Å². The molecule has 0 aliphatic heterocycles. The summed E-state index contributed by atoms with van der Waals surface area (Å²) in [5.74, 6) is 0.396. The summed E-state index contributed by atoms with van der Waals surface area (Å²) in [6.45, 7) is 1.88. The number of aliphatic hydroxyl groups excluding tert-OH is 2. The molecule has 0 aromatic carbocycles. The molecule has 22 heavy (non-hydrogen) atoms. The fourth-order valence-corrected chi connectivity index (χ4v) is 3.75. The van der Waals surface area contributed by atoms with E-state index >= 15 is 0 Å². The van der Waals surface area contributed by atoms with Crippen molar-refractivity contribution in [2.45, 2.75) is 51.0 Å². The van der Waals surface area contributed by atoms with E-state index in [9.17, 15) is 15.0 Å². The average molecular weight is 303 g/mol. The number of ketones is 1. The number of aryl methyl sites for hydroxylation is 1. The van der Waals surface area contributed by atoms with Crippen LogP contribution in [0, 0.1) is 6.92 Å². The minimum absolute atomic E-state index is 0.0820. The molecule has 118 valence electrons. The maximum atomic E-state index is 11.8. The van der Waals surface area contributed by atoms with E-state index in [2.05, 4.69) is 4.98 Å². The Bertz CT molecular complexity index is 651. The number of allylic oxidation sites excluding steroid dienone is 2. The number of carbonyl (C=O) groups is 1. The zero-order valence-electron chi connectivity index (χ0n) is 12.9. The second kappa shape index (κ2) is 5.72. The highest BCUT2D eigenvalue weighted by molar-refractivity contribution is 5.91. The quantitative estimate of drug-likeness (QED) is 0.878. The molecule has 1 aromatic rings. The van der Waals surface area contributed by atoms with Gasteiger partial charge in [0.1, 0.15) is 0 Å². The number of pyridine rings is 1. The summed E-state index contributed by atoms with van der Waals surface area (Å²) in [4.78, 5) is 16.3. The van der Waals surface area contributed by atoms with Crippen molar-refractivity contribution in [3.63, 3.8) is 0 Å². The Morgan fingerprint density at radius 1 is 1.32 bits per heavy atom. The molecule has 0 spiro atoms. The van der Waals surface area contributed by atoms with Crippen LogP contribution >= 0.6 is 0 Å². The first-order valence-corrected chi connectivity index (χ1v) is 7.69. The van der Waals surface area contributed by atoms with Gasteiger partial charge in [-0.15, -0.1) is 0 Å². The Morgan fingerprint density at radius 2 is 2.09 bits per heavy atom. The van der Waals surface area contributed by atoms with Crippen LogP contribution in [-0.2, 0) is 11.2 Å². The molecule has 5 nitrogen and oxygen atoms in total. The second-order valence-electron chi connectivity index (χ2n) is 6.13. The number of ether oxygens (including phenoxy) is 1.